The second kappa shape index (κ2) is 3.94. The summed E-state index contributed by atoms with van der Waals surface area (Å²) in [4.78, 5) is 0. The molecule has 0 aliphatic heterocycles. The fraction of sp³-hybridized carbons (Fsp3) is 0.333. The molecule has 0 aliphatic rings. The van der Waals surface area contributed by atoms with Gasteiger partial charge in [0.1, 0.15) is 5.76 Å². The molecule has 0 bridgehead atoms. The van der Waals surface area contributed by atoms with Crippen molar-refractivity contribution < 1.29 is 5.11 Å². The van der Waals surface area contributed by atoms with Crippen LogP contribution in [-0.2, 0) is 0 Å². The van der Waals surface area contributed by atoms with E-state index in [1.54, 1.807) is 13.0 Å². The van der Waals surface area contributed by atoms with E-state index in [2.05, 4.69) is 6.58 Å². The Hall–Kier alpha value is -0.980. The Morgan fingerprint density at radius 1 is 1.20 bits per heavy atom. The molecule has 0 aromatic rings. The van der Waals surface area contributed by atoms with E-state index in [1.807, 2.05) is 19.9 Å². The first-order valence-corrected chi connectivity index (χ1v) is 3.24. The van der Waals surface area contributed by atoms with E-state index >= 15 is 0 Å². The van der Waals surface area contributed by atoms with Gasteiger partial charge in [-0.1, -0.05) is 18.2 Å². The Balaban J connectivity index is 4.19. The van der Waals surface area contributed by atoms with Crippen molar-refractivity contribution in [3.05, 3.63) is 35.6 Å². The molecular weight excluding hydrogens is 124 g/mol. The summed E-state index contributed by atoms with van der Waals surface area (Å²) in [6, 6.07) is 0. The van der Waals surface area contributed by atoms with Crippen LogP contribution in [0, 0.1) is 0 Å². The fourth-order valence-electron chi connectivity index (χ4n) is 0.388. The molecule has 56 valence electrons. The van der Waals surface area contributed by atoms with Gasteiger partial charge in [-0.05, 0) is 32.4 Å². The zero-order chi connectivity index (χ0) is 8.15. The van der Waals surface area contributed by atoms with Gasteiger partial charge < -0.3 is 5.11 Å². The van der Waals surface area contributed by atoms with E-state index in [9.17, 15) is 0 Å². The van der Waals surface area contributed by atoms with Gasteiger partial charge in [0.15, 0.2) is 0 Å². The van der Waals surface area contributed by atoms with Gasteiger partial charge in [-0.15, -0.1) is 0 Å². The molecule has 0 heterocycles. The van der Waals surface area contributed by atoms with Gasteiger partial charge in [-0.2, -0.15) is 0 Å². The van der Waals surface area contributed by atoms with E-state index in [0.717, 1.165) is 5.57 Å². The number of rotatable bonds is 2. The SMILES string of the molecule is C=C(C)/C(O)=C\C=C(C)C. The van der Waals surface area contributed by atoms with Crippen LogP contribution in [0.15, 0.2) is 35.6 Å². The maximum atomic E-state index is 9.09. The van der Waals surface area contributed by atoms with Crippen molar-refractivity contribution in [1.82, 2.24) is 0 Å². The molecule has 0 spiro atoms. The summed E-state index contributed by atoms with van der Waals surface area (Å²) in [5.74, 6) is 0.251. The maximum Gasteiger partial charge on any atom is 0.117 e. The van der Waals surface area contributed by atoms with Crippen molar-refractivity contribution in [1.29, 1.82) is 0 Å². The van der Waals surface area contributed by atoms with Crippen LogP contribution in [-0.4, -0.2) is 5.11 Å². The summed E-state index contributed by atoms with van der Waals surface area (Å²) in [7, 11) is 0. The van der Waals surface area contributed by atoms with Crippen LogP contribution in [0.4, 0.5) is 0 Å². The van der Waals surface area contributed by atoms with Gasteiger partial charge in [0.25, 0.3) is 0 Å². The van der Waals surface area contributed by atoms with Crippen LogP contribution in [0.2, 0.25) is 0 Å². The molecule has 0 fully saturated rings. The van der Waals surface area contributed by atoms with Crippen LogP contribution in [0.5, 0.6) is 0 Å². The topological polar surface area (TPSA) is 20.2 Å². The zero-order valence-corrected chi connectivity index (χ0v) is 6.81. The molecule has 0 aromatic heterocycles. The number of aliphatic hydroxyl groups is 1. The lowest BCUT2D eigenvalue weighted by Crippen LogP contribution is -1.78. The van der Waals surface area contributed by atoms with Gasteiger partial charge in [-0.3, -0.25) is 0 Å². The third-order valence-corrected chi connectivity index (χ3v) is 1.01. The first-order chi connectivity index (χ1) is 4.54. The average Bonchev–Trinajstić information content (AvgIpc) is 1.82. The number of hydrogen-bond acceptors (Lipinski definition) is 1. The third kappa shape index (κ3) is 3.96. The number of aliphatic hydroxyl groups excluding tert-OH is 1. The molecule has 0 radical (unpaired) electrons. The molecule has 0 rings (SSSR count). The first-order valence-electron chi connectivity index (χ1n) is 3.24. The highest BCUT2D eigenvalue weighted by Crippen LogP contribution is 2.02. The van der Waals surface area contributed by atoms with E-state index < -0.39 is 0 Å². The lowest BCUT2D eigenvalue weighted by atomic mass is 10.2. The summed E-state index contributed by atoms with van der Waals surface area (Å²) >= 11 is 0. The third-order valence-electron chi connectivity index (χ3n) is 1.01. The highest BCUT2D eigenvalue weighted by molar-refractivity contribution is 5.24. The highest BCUT2D eigenvalue weighted by atomic mass is 16.3. The van der Waals surface area contributed by atoms with Crippen molar-refractivity contribution in [2.45, 2.75) is 20.8 Å². The summed E-state index contributed by atoms with van der Waals surface area (Å²) < 4.78 is 0. The minimum absolute atomic E-state index is 0.251. The van der Waals surface area contributed by atoms with Crippen molar-refractivity contribution >= 4 is 0 Å². The van der Waals surface area contributed by atoms with Crippen LogP contribution in [0.25, 0.3) is 0 Å². The predicted molar refractivity (Wildman–Crippen MR) is 45.0 cm³/mol. The summed E-state index contributed by atoms with van der Waals surface area (Å²) in [6.45, 7) is 9.30. The lowest BCUT2D eigenvalue weighted by Gasteiger charge is -1.93. The first kappa shape index (κ1) is 9.02. The summed E-state index contributed by atoms with van der Waals surface area (Å²) in [6.07, 6.45) is 3.50. The van der Waals surface area contributed by atoms with Gasteiger partial charge in [-0.25, -0.2) is 0 Å². The number of hydrogen-bond donors (Lipinski definition) is 1. The minimum atomic E-state index is 0.251. The van der Waals surface area contributed by atoms with Crippen LogP contribution >= 0.6 is 0 Å². The predicted octanol–water partition coefficient (Wildman–Crippen LogP) is 2.97. The molecule has 0 aromatic carbocycles. The minimum Gasteiger partial charge on any atom is -0.508 e. The lowest BCUT2D eigenvalue weighted by molar-refractivity contribution is 0.424. The summed E-state index contributed by atoms with van der Waals surface area (Å²) in [5, 5.41) is 9.09. The Kier molecular flexibility index (Phi) is 3.55. The van der Waals surface area contributed by atoms with Crippen molar-refractivity contribution in [3.8, 4) is 0 Å². The number of allylic oxidation sites excluding steroid dienone is 4. The van der Waals surface area contributed by atoms with Gasteiger partial charge in [0.2, 0.25) is 0 Å². The Bertz CT molecular complexity index is 181. The molecule has 0 amide bonds. The summed E-state index contributed by atoms with van der Waals surface area (Å²) in [5.41, 5.74) is 1.85. The van der Waals surface area contributed by atoms with Gasteiger partial charge >= 0.3 is 0 Å². The molecule has 1 nitrogen and oxygen atoms in total. The van der Waals surface area contributed by atoms with Crippen molar-refractivity contribution in [3.63, 3.8) is 0 Å². The molecule has 0 aliphatic carbocycles. The normalized spacial score (nSPS) is 10.9. The second-order valence-corrected chi connectivity index (χ2v) is 2.58. The molecular formula is C9H14O. The Morgan fingerprint density at radius 3 is 2.00 bits per heavy atom. The van der Waals surface area contributed by atoms with Crippen molar-refractivity contribution in [2.75, 3.05) is 0 Å². The average molecular weight is 138 g/mol. The van der Waals surface area contributed by atoms with Crippen molar-refractivity contribution in [2.24, 2.45) is 0 Å². The highest BCUT2D eigenvalue weighted by Gasteiger charge is 1.88. The zero-order valence-electron chi connectivity index (χ0n) is 6.81. The van der Waals surface area contributed by atoms with Gasteiger partial charge in [0, 0.05) is 0 Å². The molecule has 1 N–H and O–H groups in total. The fourth-order valence-corrected chi connectivity index (χ4v) is 0.388. The maximum absolute atomic E-state index is 9.09. The van der Waals surface area contributed by atoms with E-state index in [4.69, 9.17) is 5.11 Å². The standard InChI is InChI=1S/C9H14O/c1-7(2)5-6-9(10)8(3)4/h5-6,10H,3H2,1-2,4H3/b9-6+. The van der Waals surface area contributed by atoms with E-state index in [-0.39, 0.29) is 5.76 Å². The van der Waals surface area contributed by atoms with Gasteiger partial charge in [0.05, 0.1) is 0 Å². The monoisotopic (exact) mass is 138 g/mol. The molecule has 10 heavy (non-hydrogen) atoms. The molecule has 0 saturated heterocycles. The largest absolute Gasteiger partial charge is 0.508 e. The second-order valence-electron chi connectivity index (χ2n) is 2.58. The van der Waals surface area contributed by atoms with E-state index in [1.165, 1.54) is 0 Å². The quantitative estimate of drug-likeness (QED) is 0.459. The molecule has 1 heteroatoms. The van der Waals surface area contributed by atoms with Crippen LogP contribution in [0.3, 0.4) is 0 Å². The Labute approximate surface area is 62.4 Å². The Morgan fingerprint density at radius 2 is 1.70 bits per heavy atom. The molecule has 0 unspecified atom stereocenters. The molecule has 0 atom stereocenters. The van der Waals surface area contributed by atoms with E-state index in [0.29, 0.717) is 5.57 Å². The van der Waals surface area contributed by atoms with Crippen LogP contribution < -0.4 is 0 Å². The van der Waals surface area contributed by atoms with Crippen LogP contribution in [0.1, 0.15) is 20.8 Å². The smallest absolute Gasteiger partial charge is 0.117 e. The molecule has 0 saturated carbocycles.